The van der Waals surface area contributed by atoms with E-state index in [1.54, 1.807) is 18.2 Å². The maximum Gasteiger partial charge on any atom is 0.255 e. The van der Waals surface area contributed by atoms with Gasteiger partial charge < -0.3 is 5.32 Å². The van der Waals surface area contributed by atoms with Gasteiger partial charge in [0.05, 0.1) is 10.0 Å². The van der Waals surface area contributed by atoms with Crippen LogP contribution in [0.25, 0.3) is 0 Å². The van der Waals surface area contributed by atoms with Gasteiger partial charge in [0.25, 0.3) is 5.91 Å². The fourth-order valence-electron chi connectivity index (χ4n) is 1.68. The molecule has 0 spiro atoms. The number of hydrogen-bond acceptors (Lipinski definition) is 2. The number of aryl methyl sites for hydroxylation is 1. The Kier molecular flexibility index (Phi) is 4.58. The molecule has 0 radical (unpaired) electrons. The molecule has 0 unspecified atom stereocenters. The van der Waals surface area contributed by atoms with Crippen LogP contribution in [-0.4, -0.2) is 5.91 Å². The summed E-state index contributed by atoms with van der Waals surface area (Å²) in [6, 6.07) is 7.85. The summed E-state index contributed by atoms with van der Waals surface area (Å²) in [5.41, 5.74) is 1.61. The monoisotopic (exact) mass is 329 g/mol. The smallest absolute Gasteiger partial charge is 0.255 e. The molecule has 0 saturated heterocycles. The Morgan fingerprint density at radius 2 is 1.80 bits per heavy atom. The topological polar surface area (TPSA) is 29.1 Å². The molecule has 104 valence electrons. The first-order valence-corrected chi connectivity index (χ1v) is 6.84. The number of carbonyl (C=O) groups excluding carboxylic acids is 1. The van der Waals surface area contributed by atoms with Crippen molar-refractivity contribution in [3.05, 3.63) is 57.3 Å². The Labute approximate surface area is 131 Å². The number of carbonyl (C=O) groups is 1. The van der Waals surface area contributed by atoms with Gasteiger partial charge in [0.15, 0.2) is 5.82 Å². The zero-order chi connectivity index (χ0) is 14.9. The van der Waals surface area contributed by atoms with Gasteiger partial charge >= 0.3 is 0 Å². The first kappa shape index (κ1) is 15.2. The molecule has 2 nitrogen and oxygen atoms in total. The predicted molar refractivity (Wildman–Crippen MR) is 82.8 cm³/mol. The SMILES string of the molecule is Cc1ccc(S)cc1C(=O)Nc1cc(Cl)c(F)c(Cl)c1. The summed E-state index contributed by atoms with van der Waals surface area (Å²) in [6.45, 7) is 1.81. The van der Waals surface area contributed by atoms with Crippen molar-refractivity contribution in [3.63, 3.8) is 0 Å². The van der Waals surface area contributed by atoms with E-state index in [1.165, 1.54) is 12.1 Å². The van der Waals surface area contributed by atoms with Crippen molar-refractivity contribution in [1.29, 1.82) is 0 Å². The minimum absolute atomic E-state index is 0.146. The van der Waals surface area contributed by atoms with Crippen molar-refractivity contribution >= 4 is 47.4 Å². The number of thiol groups is 1. The lowest BCUT2D eigenvalue weighted by Crippen LogP contribution is -2.13. The Hall–Kier alpha value is -1.23. The van der Waals surface area contributed by atoms with Gasteiger partial charge in [-0.3, -0.25) is 4.79 Å². The van der Waals surface area contributed by atoms with Crippen LogP contribution in [0.2, 0.25) is 10.0 Å². The maximum absolute atomic E-state index is 13.3. The summed E-state index contributed by atoms with van der Waals surface area (Å²) < 4.78 is 13.3. The fourth-order valence-corrected chi connectivity index (χ4v) is 2.37. The highest BCUT2D eigenvalue weighted by Gasteiger charge is 2.13. The molecule has 2 rings (SSSR count). The molecule has 0 aliphatic rings. The highest BCUT2D eigenvalue weighted by atomic mass is 35.5. The molecule has 20 heavy (non-hydrogen) atoms. The zero-order valence-electron chi connectivity index (χ0n) is 10.4. The third kappa shape index (κ3) is 3.26. The van der Waals surface area contributed by atoms with E-state index in [0.717, 1.165) is 5.56 Å². The molecule has 0 aromatic heterocycles. The number of anilines is 1. The minimum Gasteiger partial charge on any atom is -0.322 e. The summed E-state index contributed by atoms with van der Waals surface area (Å²) in [6.07, 6.45) is 0. The molecule has 6 heteroatoms. The third-order valence-corrected chi connectivity index (χ3v) is 3.54. The van der Waals surface area contributed by atoms with Gasteiger partial charge in [0.1, 0.15) is 0 Å². The van der Waals surface area contributed by atoms with Crippen molar-refractivity contribution in [2.24, 2.45) is 0 Å². The van der Waals surface area contributed by atoms with Crippen LogP contribution in [0, 0.1) is 12.7 Å². The van der Waals surface area contributed by atoms with Crippen LogP contribution >= 0.6 is 35.8 Å². The minimum atomic E-state index is -0.708. The molecule has 0 atom stereocenters. The summed E-state index contributed by atoms with van der Waals surface area (Å²) in [4.78, 5) is 12.8. The average Bonchev–Trinajstić information content (AvgIpc) is 2.38. The molecule has 2 aromatic rings. The molecule has 0 heterocycles. The number of nitrogens with one attached hydrogen (secondary N) is 1. The van der Waals surface area contributed by atoms with Gasteiger partial charge in [-0.15, -0.1) is 12.6 Å². The molecule has 1 N–H and O–H groups in total. The second-order valence-electron chi connectivity index (χ2n) is 4.21. The molecule has 0 saturated carbocycles. The average molecular weight is 330 g/mol. The van der Waals surface area contributed by atoms with Crippen LogP contribution in [0.4, 0.5) is 10.1 Å². The van der Waals surface area contributed by atoms with Gasteiger partial charge in [-0.2, -0.15) is 0 Å². The van der Waals surface area contributed by atoms with Gasteiger partial charge in [0, 0.05) is 16.1 Å². The third-order valence-electron chi connectivity index (χ3n) is 2.71. The molecular weight excluding hydrogens is 320 g/mol. The summed E-state index contributed by atoms with van der Waals surface area (Å²) in [5, 5.41) is 2.33. The molecule has 0 aliphatic carbocycles. The summed E-state index contributed by atoms with van der Waals surface area (Å²) in [7, 11) is 0. The van der Waals surface area contributed by atoms with E-state index < -0.39 is 5.82 Å². The first-order valence-electron chi connectivity index (χ1n) is 5.64. The Bertz CT molecular complexity index is 668. The Balaban J connectivity index is 2.30. The standard InChI is InChI=1S/C14H10Cl2FNOS/c1-7-2-3-9(20)6-10(7)14(19)18-8-4-11(15)13(17)12(16)5-8/h2-6,20H,1H3,(H,18,19). The normalized spacial score (nSPS) is 10.4. The van der Waals surface area contributed by atoms with Gasteiger partial charge in [-0.05, 0) is 36.8 Å². The van der Waals surface area contributed by atoms with Crippen LogP contribution in [0.3, 0.4) is 0 Å². The number of rotatable bonds is 2. The van der Waals surface area contributed by atoms with Crippen LogP contribution in [-0.2, 0) is 0 Å². The highest BCUT2D eigenvalue weighted by molar-refractivity contribution is 7.80. The van der Waals surface area contributed by atoms with E-state index in [1.807, 2.05) is 6.92 Å². The van der Waals surface area contributed by atoms with E-state index in [-0.39, 0.29) is 16.0 Å². The number of amides is 1. The Morgan fingerprint density at radius 1 is 1.20 bits per heavy atom. The number of hydrogen-bond donors (Lipinski definition) is 2. The number of halogens is 3. The largest absolute Gasteiger partial charge is 0.322 e. The van der Waals surface area contributed by atoms with E-state index in [9.17, 15) is 9.18 Å². The maximum atomic E-state index is 13.3. The fraction of sp³-hybridized carbons (Fsp3) is 0.0714. The lowest BCUT2D eigenvalue weighted by Gasteiger charge is -2.09. The molecular formula is C14H10Cl2FNOS. The van der Waals surface area contributed by atoms with Crippen LogP contribution < -0.4 is 5.32 Å². The highest BCUT2D eigenvalue weighted by Crippen LogP contribution is 2.27. The van der Waals surface area contributed by atoms with Crippen LogP contribution in [0.1, 0.15) is 15.9 Å². The lowest BCUT2D eigenvalue weighted by molar-refractivity contribution is 0.102. The molecule has 0 aliphatic heterocycles. The van der Waals surface area contributed by atoms with Gasteiger partial charge in [0.2, 0.25) is 0 Å². The van der Waals surface area contributed by atoms with Crippen molar-refractivity contribution in [3.8, 4) is 0 Å². The van der Waals surface area contributed by atoms with Gasteiger partial charge in [-0.25, -0.2) is 4.39 Å². The first-order chi connectivity index (χ1) is 9.38. The van der Waals surface area contributed by atoms with Gasteiger partial charge in [-0.1, -0.05) is 29.3 Å². The molecule has 0 fully saturated rings. The predicted octanol–water partition coefficient (Wildman–Crippen LogP) is 4.98. The van der Waals surface area contributed by atoms with E-state index in [2.05, 4.69) is 17.9 Å². The zero-order valence-corrected chi connectivity index (χ0v) is 12.8. The van der Waals surface area contributed by atoms with Crippen molar-refractivity contribution in [2.45, 2.75) is 11.8 Å². The molecule has 1 amide bonds. The Morgan fingerprint density at radius 3 is 2.40 bits per heavy atom. The number of benzene rings is 2. The van der Waals surface area contributed by atoms with Crippen molar-refractivity contribution in [1.82, 2.24) is 0 Å². The van der Waals surface area contributed by atoms with E-state index in [4.69, 9.17) is 23.2 Å². The van der Waals surface area contributed by atoms with E-state index in [0.29, 0.717) is 16.1 Å². The lowest BCUT2D eigenvalue weighted by atomic mass is 10.1. The van der Waals surface area contributed by atoms with Crippen LogP contribution in [0.15, 0.2) is 35.2 Å². The van der Waals surface area contributed by atoms with Crippen LogP contribution in [0.5, 0.6) is 0 Å². The summed E-state index contributed by atoms with van der Waals surface area (Å²) in [5.74, 6) is -1.04. The van der Waals surface area contributed by atoms with Crippen molar-refractivity contribution in [2.75, 3.05) is 5.32 Å². The van der Waals surface area contributed by atoms with Crippen molar-refractivity contribution < 1.29 is 9.18 Å². The second kappa shape index (κ2) is 6.04. The molecule has 0 bridgehead atoms. The second-order valence-corrected chi connectivity index (χ2v) is 5.54. The quantitative estimate of drug-likeness (QED) is 0.590. The van der Waals surface area contributed by atoms with E-state index >= 15 is 0 Å². The molecule has 2 aromatic carbocycles. The summed E-state index contributed by atoms with van der Waals surface area (Å²) >= 11 is 15.6.